The number of rotatable bonds is 4. The van der Waals surface area contributed by atoms with E-state index in [1.807, 2.05) is 36.4 Å². The highest BCUT2D eigenvalue weighted by molar-refractivity contribution is 5.74. The van der Waals surface area contributed by atoms with Crippen molar-refractivity contribution in [1.29, 1.82) is 0 Å². The first-order valence-electron chi connectivity index (χ1n) is 8.00. The summed E-state index contributed by atoms with van der Waals surface area (Å²) in [6.45, 7) is 2.64. The van der Waals surface area contributed by atoms with E-state index < -0.39 is 6.10 Å². The number of aliphatic hydroxyl groups excluding tert-OH is 1. The van der Waals surface area contributed by atoms with Gasteiger partial charge in [-0.3, -0.25) is 0 Å². The molecule has 0 spiro atoms. The molecule has 1 aliphatic rings. The van der Waals surface area contributed by atoms with Crippen molar-refractivity contribution < 1.29 is 9.90 Å². The van der Waals surface area contributed by atoms with Crippen LogP contribution in [0.5, 0.6) is 0 Å². The fourth-order valence-electron chi connectivity index (χ4n) is 3.14. The highest BCUT2D eigenvalue weighted by atomic mass is 16.3. The summed E-state index contributed by atoms with van der Waals surface area (Å²) < 4.78 is 0. The number of amides is 2. The SMILES string of the molecule is Cc1ccccc1CCNC(=O)NC1c2ccccc2CC1O. The number of urea groups is 1. The van der Waals surface area contributed by atoms with Crippen LogP contribution in [-0.2, 0) is 12.8 Å². The Hall–Kier alpha value is -2.33. The van der Waals surface area contributed by atoms with Gasteiger partial charge in [0.05, 0.1) is 12.1 Å². The lowest BCUT2D eigenvalue weighted by Gasteiger charge is -2.18. The molecule has 2 amide bonds. The average Bonchev–Trinajstić information content (AvgIpc) is 2.85. The maximum absolute atomic E-state index is 12.1. The van der Waals surface area contributed by atoms with E-state index in [9.17, 15) is 9.90 Å². The number of hydrogen-bond donors (Lipinski definition) is 3. The Balaban J connectivity index is 1.53. The fraction of sp³-hybridized carbons (Fsp3) is 0.316. The Labute approximate surface area is 136 Å². The minimum absolute atomic E-state index is 0.237. The second kappa shape index (κ2) is 6.84. The van der Waals surface area contributed by atoms with Gasteiger partial charge < -0.3 is 15.7 Å². The molecule has 4 nitrogen and oxygen atoms in total. The zero-order valence-electron chi connectivity index (χ0n) is 13.3. The van der Waals surface area contributed by atoms with E-state index in [4.69, 9.17) is 0 Å². The van der Waals surface area contributed by atoms with Crippen LogP contribution in [0.15, 0.2) is 48.5 Å². The lowest BCUT2D eigenvalue weighted by molar-refractivity contribution is 0.142. The molecule has 23 heavy (non-hydrogen) atoms. The Kier molecular flexibility index (Phi) is 4.63. The van der Waals surface area contributed by atoms with Gasteiger partial charge in [-0.2, -0.15) is 0 Å². The molecular weight excluding hydrogens is 288 g/mol. The summed E-state index contributed by atoms with van der Waals surface area (Å²) in [6, 6.07) is 15.4. The number of carbonyl (C=O) groups is 1. The second-order valence-electron chi connectivity index (χ2n) is 6.02. The molecule has 3 N–H and O–H groups in total. The van der Waals surface area contributed by atoms with Crippen LogP contribution >= 0.6 is 0 Å². The van der Waals surface area contributed by atoms with Crippen molar-refractivity contribution in [3.05, 3.63) is 70.8 Å². The molecule has 0 saturated carbocycles. The number of aryl methyl sites for hydroxylation is 1. The van der Waals surface area contributed by atoms with Crippen LogP contribution in [0, 0.1) is 6.92 Å². The van der Waals surface area contributed by atoms with Gasteiger partial charge in [0.1, 0.15) is 0 Å². The highest BCUT2D eigenvalue weighted by Gasteiger charge is 2.31. The number of carbonyl (C=O) groups excluding carboxylic acids is 1. The molecule has 0 saturated heterocycles. The lowest BCUT2D eigenvalue weighted by Crippen LogP contribution is -2.41. The molecule has 2 atom stereocenters. The van der Waals surface area contributed by atoms with E-state index in [1.54, 1.807) is 0 Å². The van der Waals surface area contributed by atoms with Crippen molar-refractivity contribution in [2.45, 2.75) is 31.9 Å². The molecule has 2 unspecified atom stereocenters. The van der Waals surface area contributed by atoms with Crippen LogP contribution in [0.3, 0.4) is 0 Å². The number of hydrogen-bond acceptors (Lipinski definition) is 2. The molecule has 0 fully saturated rings. The van der Waals surface area contributed by atoms with Gasteiger partial charge in [-0.15, -0.1) is 0 Å². The Morgan fingerprint density at radius 3 is 2.74 bits per heavy atom. The summed E-state index contributed by atoms with van der Waals surface area (Å²) in [7, 11) is 0. The molecule has 2 aromatic carbocycles. The van der Waals surface area contributed by atoms with E-state index in [2.05, 4.69) is 29.7 Å². The number of aliphatic hydroxyl groups is 1. The van der Waals surface area contributed by atoms with Crippen molar-refractivity contribution >= 4 is 6.03 Å². The third-order valence-electron chi connectivity index (χ3n) is 4.43. The minimum Gasteiger partial charge on any atom is -0.390 e. The van der Waals surface area contributed by atoms with E-state index in [-0.39, 0.29) is 12.1 Å². The van der Waals surface area contributed by atoms with Crippen LogP contribution in [0.2, 0.25) is 0 Å². The summed E-state index contributed by atoms with van der Waals surface area (Å²) in [5, 5.41) is 15.9. The van der Waals surface area contributed by atoms with Crippen LogP contribution in [0.1, 0.15) is 28.3 Å². The Morgan fingerprint density at radius 1 is 1.17 bits per heavy atom. The standard InChI is InChI=1S/C19H22N2O2/c1-13-6-2-3-7-14(13)10-11-20-19(23)21-18-16-9-5-4-8-15(16)12-17(18)22/h2-9,17-18,22H,10-12H2,1H3,(H2,20,21,23). The van der Waals surface area contributed by atoms with Crippen LogP contribution in [0.4, 0.5) is 4.79 Å². The molecule has 0 aliphatic heterocycles. The predicted molar refractivity (Wildman–Crippen MR) is 90.3 cm³/mol. The van der Waals surface area contributed by atoms with Crippen molar-refractivity contribution in [1.82, 2.24) is 10.6 Å². The summed E-state index contributed by atoms with van der Waals surface area (Å²) in [5.74, 6) is 0. The van der Waals surface area contributed by atoms with Gasteiger partial charge in [-0.25, -0.2) is 4.79 Å². The van der Waals surface area contributed by atoms with Gasteiger partial charge in [0, 0.05) is 13.0 Å². The van der Waals surface area contributed by atoms with Crippen molar-refractivity contribution in [3.8, 4) is 0 Å². The molecule has 120 valence electrons. The maximum Gasteiger partial charge on any atom is 0.315 e. The topological polar surface area (TPSA) is 61.4 Å². The molecule has 0 bridgehead atoms. The third kappa shape index (κ3) is 3.54. The minimum atomic E-state index is -0.561. The first-order chi connectivity index (χ1) is 11.1. The summed E-state index contributed by atoms with van der Waals surface area (Å²) in [5.41, 5.74) is 4.58. The molecule has 1 aliphatic carbocycles. The molecule has 3 rings (SSSR count). The number of nitrogens with one attached hydrogen (secondary N) is 2. The smallest absolute Gasteiger partial charge is 0.315 e. The maximum atomic E-state index is 12.1. The van der Waals surface area contributed by atoms with Crippen molar-refractivity contribution in [3.63, 3.8) is 0 Å². The summed E-state index contributed by atoms with van der Waals surface area (Å²) >= 11 is 0. The number of fused-ring (bicyclic) bond motifs is 1. The fourth-order valence-corrected chi connectivity index (χ4v) is 3.14. The summed E-state index contributed by atoms with van der Waals surface area (Å²) in [4.78, 5) is 12.1. The van der Waals surface area contributed by atoms with Gasteiger partial charge in [0.2, 0.25) is 0 Å². The van der Waals surface area contributed by atoms with Crippen LogP contribution in [0.25, 0.3) is 0 Å². The van der Waals surface area contributed by atoms with Gasteiger partial charge in [0.25, 0.3) is 0 Å². The van der Waals surface area contributed by atoms with Crippen molar-refractivity contribution in [2.24, 2.45) is 0 Å². The van der Waals surface area contributed by atoms with E-state index in [0.29, 0.717) is 13.0 Å². The van der Waals surface area contributed by atoms with Gasteiger partial charge in [-0.1, -0.05) is 48.5 Å². The first-order valence-corrected chi connectivity index (χ1v) is 8.00. The van der Waals surface area contributed by atoms with E-state index in [1.165, 1.54) is 11.1 Å². The Bertz CT molecular complexity index is 699. The van der Waals surface area contributed by atoms with E-state index in [0.717, 1.165) is 17.5 Å². The first kappa shape index (κ1) is 15.6. The van der Waals surface area contributed by atoms with E-state index >= 15 is 0 Å². The molecule has 0 aromatic heterocycles. The van der Waals surface area contributed by atoms with Crippen LogP contribution < -0.4 is 10.6 Å². The molecule has 4 heteroatoms. The van der Waals surface area contributed by atoms with Gasteiger partial charge >= 0.3 is 6.03 Å². The molecular formula is C19H22N2O2. The average molecular weight is 310 g/mol. The largest absolute Gasteiger partial charge is 0.390 e. The number of benzene rings is 2. The Morgan fingerprint density at radius 2 is 1.91 bits per heavy atom. The predicted octanol–water partition coefficient (Wildman–Crippen LogP) is 2.50. The normalized spacial score (nSPS) is 19.2. The zero-order valence-corrected chi connectivity index (χ0v) is 13.3. The summed E-state index contributed by atoms with van der Waals surface area (Å²) in [6.07, 6.45) is 0.823. The van der Waals surface area contributed by atoms with Gasteiger partial charge in [-0.05, 0) is 35.6 Å². The highest BCUT2D eigenvalue weighted by Crippen LogP contribution is 2.30. The lowest BCUT2D eigenvalue weighted by atomic mass is 10.1. The molecule has 0 radical (unpaired) electrons. The quantitative estimate of drug-likeness (QED) is 0.812. The molecule has 2 aromatic rings. The second-order valence-corrected chi connectivity index (χ2v) is 6.02. The molecule has 0 heterocycles. The third-order valence-corrected chi connectivity index (χ3v) is 4.43. The zero-order chi connectivity index (χ0) is 16.2. The van der Waals surface area contributed by atoms with Crippen LogP contribution in [-0.4, -0.2) is 23.8 Å². The van der Waals surface area contributed by atoms with Crippen molar-refractivity contribution in [2.75, 3.05) is 6.54 Å². The van der Waals surface area contributed by atoms with Gasteiger partial charge in [0.15, 0.2) is 0 Å². The monoisotopic (exact) mass is 310 g/mol.